The van der Waals surface area contributed by atoms with Gasteiger partial charge in [-0.1, -0.05) is 41.4 Å². The minimum Gasteiger partial charge on any atom is -0.496 e. The molecule has 0 amide bonds. The van der Waals surface area contributed by atoms with Crippen molar-refractivity contribution in [3.8, 4) is 11.5 Å². The first-order chi connectivity index (χ1) is 17.2. The molecule has 7 nitrogen and oxygen atoms in total. The highest BCUT2D eigenvalue weighted by molar-refractivity contribution is 7.92. The van der Waals surface area contributed by atoms with Crippen molar-refractivity contribution in [2.45, 2.75) is 18.2 Å². The summed E-state index contributed by atoms with van der Waals surface area (Å²) in [5.41, 5.74) is 2.49. The van der Waals surface area contributed by atoms with Crippen LogP contribution in [0.1, 0.15) is 21.6 Å². The van der Waals surface area contributed by atoms with Crippen LogP contribution in [0.15, 0.2) is 65.6 Å². The van der Waals surface area contributed by atoms with Gasteiger partial charge in [0.05, 0.1) is 27.7 Å². The second kappa shape index (κ2) is 9.28. The zero-order valence-corrected chi connectivity index (χ0v) is 21.6. The van der Waals surface area contributed by atoms with Gasteiger partial charge in [-0.25, -0.2) is 18.2 Å². The van der Waals surface area contributed by atoms with Gasteiger partial charge in [0.15, 0.2) is 5.75 Å². The van der Waals surface area contributed by atoms with Crippen LogP contribution in [0.5, 0.6) is 11.5 Å². The number of esters is 1. The number of ether oxygens (including phenoxy) is 2. The SMILES string of the molecule is COc1ccc(S(=O)(=O)N2CCc3ccccc32)cc1C(=O)Oc1c(Cl)cc(Cl)c2ccc(C)nc12. The summed E-state index contributed by atoms with van der Waals surface area (Å²) in [6.07, 6.45) is 0.606. The van der Waals surface area contributed by atoms with Gasteiger partial charge in [-0.3, -0.25) is 4.31 Å². The number of benzene rings is 3. The molecule has 0 aliphatic carbocycles. The van der Waals surface area contributed by atoms with Gasteiger partial charge in [0.2, 0.25) is 0 Å². The van der Waals surface area contributed by atoms with Crippen LogP contribution in [0.3, 0.4) is 0 Å². The van der Waals surface area contributed by atoms with Crippen LogP contribution in [0.25, 0.3) is 10.9 Å². The smallest absolute Gasteiger partial charge is 0.347 e. The zero-order chi connectivity index (χ0) is 25.6. The van der Waals surface area contributed by atoms with Crippen molar-refractivity contribution in [3.63, 3.8) is 0 Å². The number of aryl methyl sites for hydroxylation is 1. The number of carbonyl (C=O) groups excluding carboxylic acids is 1. The molecule has 10 heteroatoms. The molecule has 184 valence electrons. The van der Waals surface area contributed by atoms with Crippen molar-refractivity contribution in [3.05, 3.63) is 87.5 Å². The number of para-hydroxylation sites is 1. The minimum absolute atomic E-state index is 0.0218. The zero-order valence-electron chi connectivity index (χ0n) is 19.3. The molecule has 0 atom stereocenters. The van der Waals surface area contributed by atoms with Gasteiger partial charge in [0.25, 0.3) is 10.0 Å². The minimum atomic E-state index is -3.95. The van der Waals surface area contributed by atoms with Crippen LogP contribution >= 0.6 is 23.2 Å². The highest BCUT2D eigenvalue weighted by Gasteiger charge is 2.32. The number of sulfonamides is 1. The van der Waals surface area contributed by atoms with E-state index < -0.39 is 16.0 Å². The second-order valence-electron chi connectivity index (χ2n) is 8.23. The Morgan fingerprint density at radius 1 is 1.03 bits per heavy atom. The normalized spacial score (nSPS) is 13.1. The highest BCUT2D eigenvalue weighted by atomic mass is 35.5. The Kier molecular flexibility index (Phi) is 6.28. The molecule has 2 heterocycles. The summed E-state index contributed by atoms with van der Waals surface area (Å²) in [6, 6.07) is 16.4. The van der Waals surface area contributed by atoms with E-state index in [9.17, 15) is 13.2 Å². The molecule has 36 heavy (non-hydrogen) atoms. The number of halogens is 2. The lowest BCUT2D eigenvalue weighted by Gasteiger charge is -2.20. The van der Waals surface area contributed by atoms with E-state index in [0.29, 0.717) is 40.3 Å². The maximum atomic E-state index is 13.5. The van der Waals surface area contributed by atoms with E-state index in [4.69, 9.17) is 32.7 Å². The van der Waals surface area contributed by atoms with Crippen molar-refractivity contribution in [1.82, 2.24) is 4.98 Å². The molecule has 0 N–H and O–H groups in total. The fourth-order valence-corrected chi connectivity index (χ4v) is 6.31. The van der Waals surface area contributed by atoms with Gasteiger partial charge in [0, 0.05) is 17.6 Å². The monoisotopic (exact) mass is 542 g/mol. The Labute approximate surface area is 218 Å². The van der Waals surface area contributed by atoms with E-state index in [2.05, 4.69) is 4.98 Å². The van der Waals surface area contributed by atoms with E-state index in [1.807, 2.05) is 12.1 Å². The molecule has 1 aliphatic rings. The molecule has 3 aromatic carbocycles. The first-order valence-corrected chi connectivity index (χ1v) is 13.2. The third-order valence-electron chi connectivity index (χ3n) is 6.00. The largest absolute Gasteiger partial charge is 0.496 e. The van der Waals surface area contributed by atoms with Gasteiger partial charge in [-0.2, -0.15) is 0 Å². The molecular formula is C26H20Cl2N2O5S. The molecule has 5 rings (SSSR count). The molecule has 0 saturated carbocycles. The molecule has 1 aliphatic heterocycles. The van der Waals surface area contributed by atoms with E-state index in [0.717, 1.165) is 5.56 Å². The van der Waals surface area contributed by atoms with Gasteiger partial charge in [-0.15, -0.1) is 0 Å². The van der Waals surface area contributed by atoms with Crippen molar-refractivity contribution in [1.29, 1.82) is 0 Å². The lowest BCUT2D eigenvalue weighted by molar-refractivity contribution is 0.0733. The number of pyridine rings is 1. The van der Waals surface area contributed by atoms with Crippen molar-refractivity contribution in [2.24, 2.45) is 0 Å². The summed E-state index contributed by atoms with van der Waals surface area (Å²) in [5.74, 6) is -0.674. The third kappa shape index (κ3) is 4.15. The topological polar surface area (TPSA) is 85.8 Å². The molecule has 0 unspecified atom stereocenters. The average Bonchev–Trinajstić information content (AvgIpc) is 3.31. The van der Waals surface area contributed by atoms with Crippen molar-refractivity contribution in [2.75, 3.05) is 18.0 Å². The second-order valence-corrected chi connectivity index (χ2v) is 10.9. The number of rotatable bonds is 5. The van der Waals surface area contributed by atoms with Gasteiger partial charge in [0.1, 0.15) is 16.8 Å². The molecule has 0 spiro atoms. The number of methoxy groups -OCH3 is 1. The standard InChI is InChI=1S/C26H20Cl2N2O5S/c1-15-7-9-18-20(27)14-21(28)25(24(18)29-15)35-26(31)19-13-17(8-10-23(19)34-2)36(32,33)30-12-11-16-5-3-4-6-22(16)30/h3-10,13-14H,11-12H2,1-2H3. The summed E-state index contributed by atoms with van der Waals surface area (Å²) in [4.78, 5) is 17.7. The summed E-state index contributed by atoms with van der Waals surface area (Å²) < 4.78 is 39.4. The Morgan fingerprint density at radius 3 is 2.58 bits per heavy atom. The third-order valence-corrected chi connectivity index (χ3v) is 8.40. The molecule has 4 aromatic rings. The number of fused-ring (bicyclic) bond motifs is 2. The molecule has 0 fully saturated rings. The maximum absolute atomic E-state index is 13.5. The molecule has 0 bridgehead atoms. The van der Waals surface area contributed by atoms with Crippen LogP contribution in [0.2, 0.25) is 10.0 Å². The molecule has 0 radical (unpaired) electrons. The summed E-state index contributed by atoms with van der Waals surface area (Å²) >= 11 is 12.7. The van der Waals surface area contributed by atoms with E-state index in [1.165, 1.54) is 35.7 Å². The van der Waals surface area contributed by atoms with Gasteiger partial charge < -0.3 is 9.47 Å². The summed E-state index contributed by atoms with van der Waals surface area (Å²) in [5, 5.41) is 1.01. The number of aromatic nitrogens is 1. The van der Waals surface area contributed by atoms with Crippen molar-refractivity contribution < 1.29 is 22.7 Å². The number of hydrogen-bond acceptors (Lipinski definition) is 6. The predicted molar refractivity (Wildman–Crippen MR) is 139 cm³/mol. The lowest BCUT2D eigenvalue weighted by Crippen LogP contribution is -2.29. The number of nitrogens with zero attached hydrogens (tertiary/aromatic N) is 2. The maximum Gasteiger partial charge on any atom is 0.347 e. The first-order valence-electron chi connectivity index (χ1n) is 11.0. The number of anilines is 1. The highest BCUT2D eigenvalue weighted by Crippen LogP contribution is 2.39. The van der Waals surface area contributed by atoms with Crippen LogP contribution in [0.4, 0.5) is 5.69 Å². The quantitative estimate of drug-likeness (QED) is 0.233. The van der Waals surface area contributed by atoms with E-state index in [1.54, 1.807) is 31.2 Å². The summed E-state index contributed by atoms with van der Waals surface area (Å²) in [6.45, 7) is 2.10. The summed E-state index contributed by atoms with van der Waals surface area (Å²) in [7, 11) is -2.56. The lowest BCUT2D eigenvalue weighted by atomic mass is 10.1. The molecule has 0 saturated heterocycles. The molecular weight excluding hydrogens is 523 g/mol. The van der Waals surface area contributed by atoms with Crippen LogP contribution in [-0.2, 0) is 16.4 Å². The number of carbonyl (C=O) groups is 1. The fraction of sp³-hybridized carbons (Fsp3) is 0.154. The predicted octanol–water partition coefficient (Wildman–Crippen LogP) is 5.83. The first kappa shape index (κ1) is 24.4. The number of hydrogen-bond donors (Lipinski definition) is 0. The molecule has 1 aromatic heterocycles. The Morgan fingerprint density at radius 2 is 1.81 bits per heavy atom. The Bertz CT molecular complexity index is 1640. The average molecular weight is 543 g/mol. The van der Waals surface area contributed by atoms with Crippen LogP contribution in [-0.4, -0.2) is 33.0 Å². The van der Waals surface area contributed by atoms with Crippen LogP contribution in [0, 0.1) is 6.92 Å². The van der Waals surface area contributed by atoms with E-state index >= 15 is 0 Å². The van der Waals surface area contributed by atoms with Gasteiger partial charge in [-0.05, 0) is 61.4 Å². The van der Waals surface area contributed by atoms with Crippen LogP contribution < -0.4 is 13.8 Å². The Balaban J connectivity index is 1.55. The fourth-order valence-electron chi connectivity index (χ4n) is 4.23. The van der Waals surface area contributed by atoms with E-state index in [-0.39, 0.29) is 27.0 Å². The van der Waals surface area contributed by atoms with Gasteiger partial charge >= 0.3 is 5.97 Å². The Hall–Kier alpha value is -3.33. The van der Waals surface area contributed by atoms with Crippen molar-refractivity contribution >= 4 is 55.8 Å².